The second kappa shape index (κ2) is 5.84. The van der Waals surface area contributed by atoms with Crippen LogP contribution in [0, 0.1) is 29.1 Å². The lowest BCUT2D eigenvalue weighted by Crippen LogP contribution is -2.48. The van der Waals surface area contributed by atoms with Crippen LogP contribution in [-0.4, -0.2) is 35.9 Å². The zero-order valence-electron chi connectivity index (χ0n) is 14.2. The van der Waals surface area contributed by atoms with Crippen LogP contribution in [0.1, 0.15) is 47.5 Å². The molecule has 0 spiro atoms. The highest BCUT2D eigenvalue weighted by Crippen LogP contribution is 2.64. The molecule has 126 valence electrons. The van der Waals surface area contributed by atoms with Gasteiger partial charge < -0.3 is 14.6 Å². The van der Waals surface area contributed by atoms with Crippen molar-refractivity contribution in [3.8, 4) is 0 Å². The first-order valence-corrected chi connectivity index (χ1v) is 8.28. The number of aliphatic hydroxyl groups is 1. The maximum atomic E-state index is 12.6. The first-order valence-electron chi connectivity index (χ1n) is 8.28. The third-order valence-electron chi connectivity index (χ3n) is 5.85. The van der Waals surface area contributed by atoms with E-state index in [0.717, 1.165) is 12.8 Å². The van der Waals surface area contributed by atoms with Gasteiger partial charge in [-0.3, -0.25) is 9.59 Å². The molecule has 5 nitrogen and oxygen atoms in total. The van der Waals surface area contributed by atoms with E-state index in [4.69, 9.17) is 9.47 Å². The van der Waals surface area contributed by atoms with Crippen molar-refractivity contribution in [3.05, 3.63) is 0 Å². The Hall–Kier alpha value is -1.10. The molecule has 0 radical (unpaired) electrons. The SMILES string of the molecule is CCOC(=O)[C@@H]1[C@H](C(=O)OCC)[C@@]2(O)[C@@H](C)CC[C@H]2C1(C)C. The van der Waals surface area contributed by atoms with Crippen molar-refractivity contribution in [1.82, 2.24) is 0 Å². The Bertz CT molecular complexity index is 458. The number of hydrogen-bond donors (Lipinski definition) is 1. The van der Waals surface area contributed by atoms with E-state index in [1.165, 1.54) is 0 Å². The molecular formula is C17H28O5. The number of carbonyl (C=O) groups excluding carboxylic acids is 2. The first-order chi connectivity index (χ1) is 10.2. The monoisotopic (exact) mass is 312 g/mol. The summed E-state index contributed by atoms with van der Waals surface area (Å²) >= 11 is 0. The predicted molar refractivity (Wildman–Crippen MR) is 80.9 cm³/mol. The van der Waals surface area contributed by atoms with Crippen LogP contribution in [0.25, 0.3) is 0 Å². The Balaban J connectivity index is 2.49. The smallest absolute Gasteiger partial charge is 0.312 e. The fourth-order valence-electron chi connectivity index (χ4n) is 4.86. The zero-order chi connectivity index (χ0) is 16.7. The van der Waals surface area contributed by atoms with Crippen LogP contribution in [0.4, 0.5) is 0 Å². The first kappa shape index (κ1) is 17.3. The lowest BCUT2D eigenvalue weighted by Gasteiger charge is -2.34. The number of ether oxygens (including phenoxy) is 2. The van der Waals surface area contributed by atoms with Gasteiger partial charge in [-0.25, -0.2) is 0 Å². The molecule has 0 aliphatic heterocycles. The standard InChI is InChI=1S/C17H28O5/c1-6-21-14(18)12-13(15(19)22-7-2)17(20)10(3)8-9-11(17)16(12,4)5/h10-13,20H,6-9H2,1-5H3/t10-,11-,12-,13+,17+/m0/s1. The number of fused-ring (bicyclic) bond motifs is 1. The fraction of sp³-hybridized carbons (Fsp3) is 0.882. The highest BCUT2D eigenvalue weighted by Gasteiger charge is 2.72. The van der Waals surface area contributed by atoms with Crippen LogP contribution < -0.4 is 0 Å². The van der Waals surface area contributed by atoms with Crippen molar-refractivity contribution in [3.63, 3.8) is 0 Å². The molecule has 0 unspecified atom stereocenters. The van der Waals surface area contributed by atoms with Crippen LogP contribution in [0.2, 0.25) is 0 Å². The average Bonchev–Trinajstić information content (AvgIpc) is 2.82. The molecule has 0 bridgehead atoms. The summed E-state index contributed by atoms with van der Waals surface area (Å²) in [5.41, 5.74) is -1.68. The summed E-state index contributed by atoms with van der Waals surface area (Å²) in [6, 6.07) is 0. The molecule has 0 aromatic carbocycles. The van der Waals surface area contributed by atoms with Crippen molar-refractivity contribution >= 4 is 11.9 Å². The normalized spacial score (nSPS) is 39.4. The molecule has 1 N–H and O–H groups in total. The average molecular weight is 312 g/mol. The van der Waals surface area contributed by atoms with E-state index >= 15 is 0 Å². The summed E-state index contributed by atoms with van der Waals surface area (Å²) < 4.78 is 10.4. The summed E-state index contributed by atoms with van der Waals surface area (Å²) in [7, 11) is 0. The maximum absolute atomic E-state index is 12.6. The number of rotatable bonds is 4. The number of esters is 2. The lowest BCUT2D eigenvalue weighted by atomic mass is 9.73. The highest BCUT2D eigenvalue weighted by molar-refractivity contribution is 5.85. The van der Waals surface area contributed by atoms with Crippen LogP contribution >= 0.6 is 0 Å². The lowest BCUT2D eigenvalue weighted by molar-refractivity contribution is -0.170. The van der Waals surface area contributed by atoms with Gasteiger partial charge in [-0.1, -0.05) is 20.8 Å². The van der Waals surface area contributed by atoms with Gasteiger partial charge in [0.1, 0.15) is 0 Å². The topological polar surface area (TPSA) is 72.8 Å². The van der Waals surface area contributed by atoms with E-state index in [-0.39, 0.29) is 25.0 Å². The summed E-state index contributed by atoms with van der Waals surface area (Å²) in [6.45, 7) is 9.85. The van der Waals surface area contributed by atoms with Gasteiger partial charge in [-0.05, 0) is 43.9 Å². The zero-order valence-corrected chi connectivity index (χ0v) is 14.2. The second-order valence-corrected chi connectivity index (χ2v) is 7.20. The van der Waals surface area contributed by atoms with Crippen LogP contribution in [0.5, 0.6) is 0 Å². The molecule has 0 aromatic heterocycles. The molecule has 22 heavy (non-hydrogen) atoms. The van der Waals surface area contributed by atoms with Gasteiger partial charge in [0, 0.05) is 0 Å². The molecule has 5 atom stereocenters. The van der Waals surface area contributed by atoms with Crippen molar-refractivity contribution < 1.29 is 24.2 Å². The minimum absolute atomic E-state index is 0.0365. The van der Waals surface area contributed by atoms with Gasteiger partial charge in [-0.2, -0.15) is 0 Å². The van der Waals surface area contributed by atoms with Gasteiger partial charge >= 0.3 is 11.9 Å². The molecule has 0 amide bonds. The van der Waals surface area contributed by atoms with Crippen LogP contribution in [0.15, 0.2) is 0 Å². The molecule has 2 saturated carbocycles. The van der Waals surface area contributed by atoms with Crippen molar-refractivity contribution in [2.24, 2.45) is 29.1 Å². The Morgan fingerprint density at radius 3 is 2.05 bits per heavy atom. The van der Waals surface area contributed by atoms with Gasteiger partial charge in [0.25, 0.3) is 0 Å². The van der Waals surface area contributed by atoms with Gasteiger partial charge in [0.05, 0.1) is 30.7 Å². The molecule has 2 fully saturated rings. The Labute approximate surface area is 132 Å². The van der Waals surface area contributed by atoms with E-state index in [1.807, 2.05) is 20.8 Å². The van der Waals surface area contributed by atoms with Crippen molar-refractivity contribution in [1.29, 1.82) is 0 Å². The Morgan fingerprint density at radius 1 is 1.05 bits per heavy atom. The van der Waals surface area contributed by atoms with E-state index in [9.17, 15) is 14.7 Å². The Kier molecular flexibility index (Phi) is 4.58. The highest BCUT2D eigenvalue weighted by atomic mass is 16.5. The minimum Gasteiger partial charge on any atom is -0.466 e. The summed E-state index contributed by atoms with van der Waals surface area (Å²) in [6.07, 6.45) is 1.67. The summed E-state index contributed by atoms with van der Waals surface area (Å²) in [5.74, 6) is -2.52. The van der Waals surface area contributed by atoms with Gasteiger partial charge in [-0.15, -0.1) is 0 Å². The largest absolute Gasteiger partial charge is 0.466 e. The maximum Gasteiger partial charge on any atom is 0.312 e. The molecule has 2 aliphatic carbocycles. The second-order valence-electron chi connectivity index (χ2n) is 7.20. The van der Waals surface area contributed by atoms with Crippen LogP contribution in [-0.2, 0) is 19.1 Å². The molecular weight excluding hydrogens is 284 g/mol. The fourth-order valence-corrected chi connectivity index (χ4v) is 4.86. The number of carbonyl (C=O) groups is 2. The van der Waals surface area contributed by atoms with E-state index < -0.39 is 34.8 Å². The van der Waals surface area contributed by atoms with E-state index in [1.54, 1.807) is 13.8 Å². The van der Waals surface area contributed by atoms with Crippen molar-refractivity contribution in [2.75, 3.05) is 13.2 Å². The Morgan fingerprint density at radius 2 is 1.55 bits per heavy atom. The summed E-state index contributed by atoms with van der Waals surface area (Å²) in [5, 5.41) is 11.4. The van der Waals surface area contributed by atoms with E-state index in [0.29, 0.717) is 0 Å². The quantitative estimate of drug-likeness (QED) is 0.805. The molecule has 0 aromatic rings. The molecule has 5 heteroatoms. The van der Waals surface area contributed by atoms with Gasteiger partial charge in [0.2, 0.25) is 0 Å². The van der Waals surface area contributed by atoms with Gasteiger partial charge in [0.15, 0.2) is 0 Å². The van der Waals surface area contributed by atoms with E-state index in [2.05, 4.69) is 0 Å². The molecule has 2 rings (SSSR count). The molecule has 0 saturated heterocycles. The predicted octanol–water partition coefficient (Wildman–Crippen LogP) is 2.16. The number of hydrogen-bond acceptors (Lipinski definition) is 5. The third-order valence-corrected chi connectivity index (χ3v) is 5.85. The summed E-state index contributed by atoms with van der Waals surface area (Å²) in [4.78, 5) is 25.1. The minimum atomic E-state index is -1.19. The van der Waals surface area contributed by atoms with Crippen molar-refractivity contribution in [2.45, 2.75) is 53.1 Å². The molecule has 0 heterocycles. The third kappa shape index (κ3) is 2.25. The molecule has 2 aliphatic rings. The van der Waals surface area contributed by atoms with Crippen LogP contribution in [0.3, 0.4) is 0 Å².